The number of rotatable bonds is 11. The molecule has 0 aliphatic heterocycles. The first-order valence-electron chi connectivity index (χ1n) is 11.1. The number of para-hydroxylation sites is 1. The maximum atomic E-state index is 2.68. The van der Waals surface area contributed by atoms with E-state index in [4.69, 9.17) is 0 Å². The van der Waals surface area contributed by atoms with Gasteiger partial charge in [0.25, 0.3) is 0 Å². The van der Waals surface area contributed by atoms with E-state index in [0.29, 0.717) is 6.04 Å². The molecule has 3 aromatic carbocycles. The zero-order chi connectivity index (χ0) is 19.6. The number of anilines is 1. The molecule has 1 unspecified atom stereocenters. The third-order valence-electron chi connectivity index (χ3n) is 5.76. The lowest BCUT2D eigenvalue weighted by Gasteiger charge is -2.34. The fraction of sp³-hybridized carbons (Fsp3) is 0.407. The quantitative estimate of drug-likeness (QED) is 0.312. The Kier molecular flexibility index (Phi) is 7.96. The minimum Gasteiger partial charge on any atom is -0.368 e. The van der Waals surface area contributed by atoms with Gasteiger partial charge in [0.05, 0.1) is 0 Å². The van der Waals surface area contributed by atoms with Crippen molar-refractivity contribution >= 4 is 16.5 Å². The van der Waals surface area contributed by atoms with Crippen molar-refractivity contribution in [3.63, 3.8) is 0 Å². The average molecular weight is 374 g/mol. The number of unbranched alkanes of at least 4 members (excludes halogenated alkanes) is 3. The summed E-state index contributed by atoms with van der Waals surface area (Å²) in [4.78, 5) is 2.68. The molecular formula is C27H35N. The molecule has 148 valence electrons. The third-order valence-corrected chi connectivity index (χ3v) is 5.76. The van der Waals surface area contributed by atoms with E-state index in [1.165, 1.54) is 60.5 Å². The molecule has 0 aliphatic rings. The van der Waals surface area contributed by atoms with Crippen LogP contribution >= 0.6 is 0 Å². The molecule has 0 heterocycles. The van der Waals surface area contributed by atoms with Gasteiger partial charge in [-0.1, -0.05) is 100 Å². The van der Waals surface area contributed by atoms with Crippen molar-refractivity contribution in [2.24, 2.45) is 0 Å². The highest BCUT2D eigenvalue weighted by Crippen LogP contribution is 2.27. The molecule has 1 atom stereocenters. The number of benzene rings is 3. The maximum Gasteiger partial charge on any atom is 0.0368 e. The lowest BCUT2D eigenvalue weighted by Crippen LogP contribution is -2.38. The minimum absolute atomic E-state index is 0.548. The Bertz CT molecular complexity index is 819. The van der Waals surface area contributed by atoms with Crippen molar-refractivity contribution in [2.45, 2.75) is 64.8 Å². The van der Waals surface area contributed by atoms with E-state index in [2.05, 4.69) is 91.5 Å². The summed E-state index contributed by atoms with van der Waals surface area (Å²) < 4.78 is 0. The highest BCUT2D eigenvalue weighted by atomic mass is 15.2. The van der Waals surface area contributed by atoms with E-state index >= 15 is 0 Å². The Hall–Kier alpha value is -2.28. The Labute approximate surface area is 171 Å². The van der Waals surface area contributed by atoms with E-state index in [1.54, 1.807) is 0 Å². The largest absolute Gasteiger partial charge is 0.368 e. The van der Waals surface area contributed by atoms with Crippen LogP contribution in [0.5, 0.6) is 0 Å². The molecule has 3 rings (SSSR count). The molecule has 0 spiro atoms. The van der Waals surface area contributed by atoms with Crippen LogP contribution < -0.4 is 4.90 Å². The van der Waals surface area contributed by atoms with E-state index in [0.717, 1.165) is 13.0 Å². The first kappa shape index (κ1) is 20.5. The number of nitrogens with zero attached hydrogens (tertiary/aromatic N) is 1. The summed E-state index contributed by atoms with van der Waals surface area (Å²) in [6, 6.07) is 27.2. The van der Waals surface area contributed by atoms with Crippen molar-refractivity contribution in [1.29, 1.82) is 0 Å². The standard InChI is InChI=1S/C27H35N/c1-3-5-8-19-26(28(21-6-4-2)25-17-9-7-10-18-25)22-24-16-13-15-23-14-11-12-20-27(23)24/h7,9-18,20,26H,3-6,8,19,21-22H2,1-2H3. The summed E-state index contributed by atoms with van der Waals surface area (Å²) in [5.74, 6) is 0. The monoisotopic (exact) mass is 373 g/mol. The summed E-state index contributed by atoms with van der Waals surface area (Å²) >= 11 is 0. The van der Waals surface area contributed by atoms with E-state index < -0.39 is 0 Å². The van der Waals surface area contributed by atoms with Gasteiger partial charge in [0.1, 0.15) is 0 Å². The first-order chi connectivity index (χ1) is 13.8. The molecule has 3 aromatic rings. The Morgan fingerprint density at radius 2 is 1.43 bits per heavy atom. The van der Waals surface area contributed by atoms with Crippen LogP contribution in [0, 0.1) is 0 Å². The lowest BCUT2D eigenvalue weighted by atomic mass is 9.94. The van der Waals surface area contributed by atoms with Gasteiger partial charge in [0, 0.05) is 18.3 Å². The molecular weight excluding hydrogens is 338 g/mol. The highest BCUT2D eigenvalue weighted by molar-refractivity contribution is 5.85. The van der Waals surface area contributed by atoms with Crippen LogP contribution in [-0.4, -0.2) is 12.6 Å². The molecule has 0 N–H and O–H groups in total. The number of hydrogen-bond donors (Lipinski definition) is 0. The molecule has 0 aliphatic carbocycles. The topological polar surface area (TPSA) is 3.24 Å². The molecule has 0 fully saturated rings. The molecule has 28 heavy (non-hydrogen) atoms. The highest BCUT2D eigenvalue weighted by Gasteiger charge is 2.20. The van der Waals surface area contributed by atoms with E-state index in [1.807, 2.05) is 0 Å². The number of hydrogen-bond acceptors (Lipinski definition) is 1. The number of fused-ring (bicyclic) bond motifs is 1. The summed E-state index contributed by atoms with van der Waals surface area (Å²) in [6.45, 7) is 5.73. The van der Waals surface area contributed by atoms with Crippen LogP contribution in [0.15, 0.2) is 72.8 Å². The normalized spacial score (nSPS) is 12.2. The van der Waals surface area contributed by atoms with Gasteiger partial charge in [-0.25, -0.2) is 0 Å². The molecule has 0 saturated heterocycles. The van der Waals surface area contributed by atoms with Gasteiger partial charge in [0.2, 0.25) is 0 Å². The lowest BCUT2D eigenvalue weighted by molar-refractivity contribution is 0.507. The van der Waals surface area contributed by atoms with Crippen molar-refractivity contribution in [3.05, 3.63) is 78.4 Å². The van der Waals surface area contributed by atoms with E-state index in [-0.39, 0.29) is 0 Å². The van der Waals surface area contributed by atoms with Crippen LogP contribution in [0.2, 0.25) is 0 Å². The van der Waals surface area contributed by atoms with Gasteiger partial charge in [-0.05, 0) is 47.7 Å². The Morgan fingerprint density at radius 3 is 2.21 bits per heavy atom. The SMILES string of the molecule is CCCCCC(Cc1cccc2ccccc12)N(CCCC)c1ccccc1. The van der Waals surface area contributed by atoms with Crippen molar-refractivity contribution in [2.75, 3.05) is 11.4 Å². The molecule has 0 amide bonds. The second-order valence-electron chi connectivity index (χ2n) is 7.87. The summed E-state index contributed by atoms with van der Waals surface area (Å²) in [6.07, 6.45) is 8.76. The van der Waals surface area contributed by atoms with Crippen LogP contribution in [0.1, 0.15) is 57.9 Å². The Balaban J connectivity index is 1.91. The zero-order valence-electron chi connectivity index (χ0n) is 17.6. The second-order valence-corrected chi connectivity index (χ2v) is 7.87. The Morgan fingerprint density at radius 1 is 0.714 bits per heavy atom. The molecule has 0 aromatic heterocycles. The predicted octanol–water partition coefficient (Wildman–Crippen LogP) is 7.64. The van der Waals surface area contributed by atoms with Gasteiger partial charge >= 0.3 is 0 Å². The molecule has 0 bridgehead atoms. The van der Waals surface area contributed by atoms with Crippen LogP contribution in [-0.2, 0) is 6.42 Å². The molecule has 0 radical (unpaired) electrons. The van der Waals surface area contributed by atoms with Gasteiger partial charge in [-0.15, -0.1) is 0 Å². The molecule has 1 nitrogen and oxygen atoms in total. The van der Waals surface area contributed by atoms with Crippen molar-refractivity contribution in [1.82, 2.24) is 0 Å². The fourth-order valence-electron chi connectivity index (χ4n) is 4.19. The van der Waals surface area contributed by atoms with Crippen molar-refractivity contribution < 1.29 is 0 Å². The molecule has 0 saturated carbocycles. The van der Waals surface area contributed by atoms with Gasteiger partial charge < -0.3 is 4.90 Å². The predicted molar refractivity (Wildman–Crippen MR) is 124 cm³/mol. The summed E-state index contributed by atoms with van der Waals surface area (Å²) in [7, 11) is 0. The maximum absolute atomic E-state index is 2.68. The van der Waals surface area contributed by atoms with Gasteiger partial charge in [-0.2, -0.15) is 0 Å². The van der Waals surface area contributed by atoms with Gasteiger partial charge in [-0.3, -0.25) is 0 Å². The van der Waals surface area contributed by atoms with Gasteiger partial charge in [0.15, 0.2) is 0 Å². The third kappa shape index (κ3) is 5.38. The smallest absolute Gasteiger partial charge is 0.0368 e. The fourth-order valence-corrected chi connectivity index (χ4v) is 4.19. The zero-order valence-corrected chi connectivity index (χ0v) is 17.6. The van der Waals surface area contributed by atoms with Crippen molar-refractivity contribution in [3.8, 4) is 0 Å². The average Bonchev–Trinajstić information content (AvgIpc) is 2.75. The second kappa shape index (κ2) is 10.9. The summed E-state index contributed by atoms with van der Waals surface area (Å²) in [5, 5.41) is 2.76. The minimum atomic E-state index is 0.548. The van der Waals surface area contributed by atoms with Crippen LogP contribution in [0.25, 0.3) is 10.8 Å². The molecule has 1 heteroatoms. The van der Waals surface area contributed by atoms with Crippen LogP contribution in [0.4, 0.5) is 5.69 Å². The van der Waals surface area contributed by atoms with E-state index in [9.17, 15) is 0 Å². The first-order valence-corrected chi connectivity index (χ1v) is 11.1. The summed E-state index contributed by atoms with van der Waals surface area (Å²) in [5.41, 5.74) is 2.86. The van der Waals surface area contributed by atoms with Crippen LogP contribution in [0.3, 0.4) is 0 Å².